The quantitative estimate of drug-likeness (QED) is 0.114. The number of nitrogens with one attached hydrogen (secondary N) is 2. The number of methoxy groups -OCH3 is 1. The highest BCUT2D eigenvalue weighted by atomic mass is 35.5. The second-order valence-corrected chi connectivity index (χ2v) is 12.0. The molecule has 0 spiro atoms. The van der Waals surface area contributed by atoms with Gasteiger partial charge in [-0.05, 0) is 57.6 Å². The predicted molar refractivity (Wildman–Crippen MR) is 195 cm³/mol. The van der Waals surface area contributed by atoms with Gasteiger partial charge in [-0.3, -0.25) is 4.79 Å². The lowest BCUT2D eigenvalue weighted by Gasteiger charge is -2.38. The number of carbonyl (C=O) groups is 2. The average molecular weight is 667 g/mol. The predicted octanol–water partition coefficient (Wildman–Crippen LogP) is 8.85. The van der Waals surface area contributed by atoms with Crippen molar-refractivity contribution in [2.45, 2.75) is 18.0 Å². The fourth-order valence-corrected chi connectivity index (χ4v) is 6.40. The number of anilines is 1. The van der Waals surface area contributed by atoms with Gasteiger partial charge < -0.3 is 20.5 Å². The maximum absolute atomic E-state index is 14.1. The first-order valence-corrected chi connectivity index (χ1v) is 16.3. The molecule has 0 aromatic heterocycles. The Morgan fingerprint density at radius 2 is 1.24 bits per heavy atom. The van der Waals surface area contributed by atoms with Gasteiger partial charge in [0, 0.05) is 12.1 Å². The number of rotatable bonds is 12. The van der Waals surface area contributed by atoms with E-state index in [1.165, 1.54) is 0 Å². The van der Waals surface area contributed by atoms with Gasteiger partial charge in [-0.15, -0.1) is 0 Å². The lowest BCUT2D eigenvalue weighted by molar-refractivity contribution is -0.139. The summed E-state index contributed by atoms with van der Waals surface area (Å²) < 4.78 is 5.34. The summed E-state index contributed by atoms with van der Waals surface area (Å²) in [6, 6.07) is 49.3. The first kappa shape index (κ1) is 33.1. The zero-order chi connectivity index (χ0) is 34.2. The molecule has 1 atom stereocenters. The minimum atomic E-state index is -1.21. The maximum Gasteiger partial charge on any atom is 0.326 e. The van der Waals surface area contributed by atoms with Gasteiger partial charge in [0.1, 0.15) is 17.3 Å². The van der Waals surface area contributed by atoms with E-state index in [2.05, 4.69) is 10.6 Å². The summed E-state index contributed by atoms with van der Waals surface area (Å²) in [5, 5.41) is 16.9. The van der Waals surface area contributed by atoms with E-state index in [1.807, 2.05) is 140 Å². The van der Waals surface area contributed by atoms with E-state index in [0.29, 0.717) is 5.69 Å². The van der Waals surface area contributed by atoms with Crippen molar-refractivity contribution in [1.29, 1.82) is 0 Å². The molecule has 49 heavy (non-hydrogen) atoms. The van der Waals surface area contributed by atoms with Crippen molar-refractivity contribution in [1.82, 2.24) is 5.32 Å². The number of ether oxygens (including phenoxy) is 1. The third-order valence-corrected chi connectivity index (χ3v) is 8.90. The summed E-state index contributed by atoms with van der Waals surface area (Å²) in [5.41, 5.74) is 5.20. The summed E-state index contributed by atoms with van der Waals surface area (Å²) >= 11 is 6.75. The molecule has 0 aliphatic rings. The highest BCUT2D eigenvalue weighted by Crippen LogP contribution is 2.41. The van der Waals surface area contributed by atoms with Crippen LogP contribution >= 0.6 is 11.6 Å². The van der Waals surface area contributed by atoms with Crippen molar-refractivity contribution in [3.63, 3.8) is 0 Å². The maximum atomic E-state index is 14.1. The third kappa shape index (κ3) is 7.20. The molecule has 3 N–H and O–H groups in total. The Bertz CT molecular complexity index is 1940. The van der Waals surface area contributed by atoms with E-state index in [0.717, 1.165) is 39.1 Å². The molecule has 1 amide bonds. The Kier molecular flexibility index (Phi) is 10.1. The Hall–Kier alpha value is -5.85. The fraction of sp³-hybridized carbons (Fsp3) is 0.0952. The molecule has 0 saturated carbocycles. The zero-order valence-electron chi connectivity index (χ0n) is 26.8. The number of benzene rings is 6. The molecule has 6 nitrogen and oxygen atoms in total. The summed E-state index contributed by atoms with van der Waals surface area (Å²) in [6.07, 6.45) is 0.0780. The first-order chi connectivity index (χ1) is 23.9. The number of carboxylic acids is 1. The Labute approximate surface area is 291 Å². The molecular formula is C42H35ClN2O4. The third-order valence-electron chi connectivity index (χ3n) is 8.58. The van der Waals surface area contributed by atoms with Gasteiger partial charge in [-0.25, -0.2) is 4.79 Å². The van der Waals surface area contributed by atoms with Gasteiger partial charge in [0.25, 0.3) is 5.91 Å². The molecule has 6 rings (SSSR count). The van der Waals surface area contributed by atoms with Gasteiger partial charge in [-0.1, -0.05) is 145 Å². The number of aliphatic carboxylic acids is 1. The van der Waals surface area contributed by atoms with Crippen LogP contribution in [0.4, 0.5) is 5.69 Å². The topological polar surface area (TPSA) is 87.7 Å². The molecule has 0 aliphatic carbocycles. The van der Waals surface area contributed by atoms with Crippen LogP contribution in [-0.4, -0.2) is 30.1 Å². The van der Waals surface area contributed by atoms with Crippen LogP contribution in [0.1, 0.15) is 32.6 Å². The van der Waals surface area contributed by atoms with Crippen molar-refractivity contribution < 1.29 is 19.4 Å². The van der Waals surface area contributed by atoms with Gasteiger partial charge in [0.2, 0.25) is 0 Å². The van der Waals surface area contributed by atoms with Crippen molar-refractivity contribution >= 4 is 29.2 Å². The second-order valence-electron chi connectivity index (χ2n) is 11.6. The Morgan fingerprint density at radius 1 is 0.694 bits per heavy atom. The highest BCUT2D eigenvalue weighted by molar-refractivity contribution is 6.34. The lowest BCUT2D eigenvalue weighted by atomic mass is 9.76. The summed E-state index contributed by atoms with van der Waals surface area (Å²) in [5.74, 6) is -1.01. The summed E-state index contributed by atoms with van der Waals surface area (Å²) in [4.78, 5) is 26.6. The summed E-state index contributed by atoms with van der Waals surface area (Å²) in [7, 11) is 1.62. The zero-order valence-corrected chi connectivity index (χ0v) is 27.6. The number of halogens is 1. The molecule has 244 valence electrons. The van der Waals surface area contributed by atoms with Crippen LogP contribution in [0.5, 0.6) is 5.75 Å². The monoisotopic (exact) mass is 666 g/mol. The normalized spacial score (nSPS) is 11.7. The fourth-order valence-electron chi connectivity index (χ4n) is 6.14. The van der Waals surface area contributed by atoms with E-state index in [-0.39, 0.29) is 17.0 Å². The molecule has 0 aliphatic heterocycles. The molecule has 0 fully saturated rings. The van der Waals surface area contributed by atoms with Crippen LogP contribution in [0.15, 0.2) is 158 Å². The first-order valence-electron chi connectivity index (χ1n) is 15.9. The average Bonchev–Trinajstić information content (AvgIpc) is 3.15. The minimum absolute atomic E-state index is 0.0780. The van der Waals surface area contributed by atoms with Gasteiger partial charge in [0.15, 0.2) is 0 Å². The number of hydrogen-bond acceptors (Lipinski definition) is 4. The standard InChI is InChI=1S/C42H35ClN2O4/c1-49-35-20-11-13-31(28-35)30-25-23-29(24-26-30)27-38(41(47)48)44-40(46)39-36(43)21-12-22-37(39)45-42(32-14-5-2-6-15-32,33-16-7-3-8-17-33)34-18-9-4-10-19-34/h2-26,28,38,45H,27H2,1H3,(H,44,46)(H,47,48)/t38-/m0/s1. The van der Waals surface area contributed by atoms with Crippen molar-refractivity contribution in [3.8, 4) is 16.9 Å². The van der Waals surface area contributed by atoms with Gasteiger partial charge >= 0.3 is 5.97 Å². The van der Waals surface area contributed by atoms with Gasteiger partial charge in [0.05, 0.1) is 17.7 Å². The highest BCUT2D eigenvalue weighted by Gasteiger charge is 2.37. The van der Waals surface area contributed by atoms with E-state index < -0.39 is 23.5 Å². The van der Waals surface area contributed by atoms with Crippen molar-refractivity contribution in [3.05, 3.63) is 191 Å². The van der Waals surface area contributed by atoms with E-state index >= 15 is 0 Å². The van der Waals surface area contributed by atoms with E-state index in [1.54, 1.807) is 25.3 Å². The molecule has 0 unspecified atom stereocenters. The molecule has 6 aromatic rings. The largest absolute Gasteiger partial charge is 0.497 e. The number of carboxylic acid groups (broad SMARTS) is 1. The Balaban J connectivity index is 1.33. The Morgan fingerprint density at radius 3 is 1.78 bits per heavy atom. The summed E-state index contributed by atoms with van der Waals surface area (Å²) in [6.45, 7) is 0. The van der Waals surface area contributed by atoms with Crippen LogP contribution in [-0.2, 0) is 16.8 Å². The molecule has 0 heterocycles. The van der Waals surface area contributed by atoms with E-state index in [4.69, 9.17) is 16.3 Å². The van der Waals surface area contributed by atoms with Crippen molar-refractivity contribution in [2.75, 3.05) is 12.4 Å². The molecule has 7 heteroatoms. The number of hydrogen-bond donors (Lipinski definition) is 3. The second kappa shape index (κ2) is 14.9. The molecule has 0 bridgehead atoms. The van der Waals surface area contributed by atoms with Gasteiger partial charge in [-0.2, -0.15) is 0 Å². The number of carbonyl (C=O) groups excluding carboxylic acids is 1. The molecule has 0 saturated heterocycles. The smallest absolute Gasteiger partial charge is 0.326 e. The molecule has 0 radical (unpaired) electrons. The molecule has 6 aromatic carbocycles. The van der Waals surface area contributed by atoms with Crippen molar-refractivity contribution in [2.24, 2.45) is 0 Å². The van der Waals surface area contributed by atoms with Crippen LogP contribution in [0.25, 0.3) is 11.1 Å². The number of amides is 1. The van der Waals surface area contributed by atoms with Crippen LogP contribution in [0.2, 0.25) is 5.02 Å². The van der Waals surface area contributed by atoms with Crippen LogP contribution in [0.3, 0.4) is 0 Å². The van der Waals surface area contributed by atoms with E-state index in [9.17, 15) is 14.7 Å². The van der Waals surface area contributed by atoms with Crippen LogP contribution in [0, 0.1) is 0 Å². The lowest BCUT2D eigenvalue weighted by Crippen LogP contribution is -2.43. The van der Waals surface area contributed by atoms with Crippen LogP contribution < -0.4 is 15.4 Å². The molecular weight excluding hydrogens is 632 g/mol. The minimum Gasteiger partial charge on any atom is -0.497 e. The SMILES string of the molecule is COc1cccc(-c2ccc(C[C@H](NC(=O)c3c(Cl)cccc3NC(c3ccccc3)(c3ccccc3)c3ccccc3)C(=O)O)cc2)c1.